The number of halogens is 1. The van der Waals surface area contributed by atoms with Crippen molar-refractivity contribution in [2.24, 2.45) is 10.9 Å². The molecule has 1 atom stereocenters. The zero-order valence-corrected chi connectivity index (χ0v) is 12.2. The minimum absolute atomic E-state index is 0.221. The number of benzene rings is 1. The van der Waals surface area contributed by atoms with E-state index in [2.05, 4.69) is 36.4 Å². The average molecular weight is 265 g/mol. The summed E-state index contributed by atoms with van der Waals surface area (Å²) >= 11 is 0. The van der Waals surface area contributed by atoms with E-state index in [1.807, 2.05) is 13.0 Å². The molecule has 2 N–H and O–H groups in total. The van der Waals surface area contributed by atoms with Gasteiger partial charge in [-0.2, -0.15) is 0 Å². The first-order chi connectivity index (χ1) is 9.02. The van der Waals surface area contributed by atoms with Gasteiger partial charge in [0.05, 0.1) is 6.54 Å². The van der Waals surface area contributed by atoms with Crippen molar-refractivity contribution in [2.45, 2.75) is 40.3 Å². The van der Waals surface area contributed by atoms with Crippen LogP contribution in [0.15, 0.2) is 29.3 Å². The number of nitrogens with zero attached hydrogens (tertiary/aromatic N) is 1. The monoisotopic (exact) mass is 265 g/mol. The second-order valence-corrected chi connectivity index (χ2v) is 5.00. The normalized spacial score (nSPS) is 13.5. The van der Waals surface area contributed by atoms with Crippen molar-refractivity contribution in [1.82, 2.24) is 10.6 Å². The van der Waals surface area contributed by atoms with Crippen molar-refractivity contribution < 1.29 is 4.39 Å². The van der Waals surface area contributed by atoms with Gasteiger partial charge in [-0.15, -0.1) is 0 Å². The first-order valence-corrected chi connectivity index (χ1v) is 6.82. The Morgan fingerprint density at radius 3 is 2.63 bits per heavy atom. The second-order valence-electron chi connectivity index (χ2n) is 5.00. The molecule has 106 valence electrons. The number of hydrogen-bond donors (Lipinski definition) is 2. The SMILES string of the molecule is CCNC(=NCc1cccc(F)c1)NC(C)C(C)C. The number of hydrogen-bond acceptors (Lipinski definition) is 1. The van der Waals surface area contributed by atoms with Gasteiger partial charge >= 0.3 is 0 Å². The summed E-state index contributed by atoms with van der Waals surface area (Å²) in [5.41, 5.74) is 0.870. The fourth-order valence-electron chi connectivity index (χ4n) is 1.51. The zero-order valence-electron chi connectivity index (χ0n) is 12.2. The van der Waals surface area contributed by atoms with Gasteiger partial charge in [0.2, 0.25) is 0 Å². The number of guanidine groups is 1. The van der Waals surface area contributed by atoms with Crippen molar-refractivity contribution in [3.05, 3.63) is 35.6 Å². The van der Waals surface area contributed by atoms with Crippen LogP contribution in [0.1, 0.15) is 33.3 Å². The van der Waals surface area contributed by atoms with Crippen molar-refractivity contribution in [3.8, 4) is 0 Å². The van der Waals surface area contributed by atoms with Gasteiger partial charge in [-0.05, 0) is 37.5 Å². The van der Waals surface area contributed by atoms with Crippen molar-refractivity contribution in [1.29, 1.82) is 0 Å². The molecule has 1 unspecified atom stereocenters. The quantitative estimate of drug-likeness (QED) is 0.634. The molecule has 0 spiro atoms. The predicted octanol–water partition coefficient (Wildman–Crippen LogP) is 2.93. The molecule has 1 rings (SSSR count). The van der Waals surface area contributed by atoms with Crippen LogP contribution < -0.4 is 10.6 Å². The Balaban J connectivity index is 2.67. The van der Waals surface area contributed by atoms with E-state index in [4.69, 9.17) is 0 Å². The lowest BCUT2D eigenvalue weighted by Crippen LogP contribution is -2.44. The molecule has 0 aliphatic carbocycles. The Hall–Kier alpha value is -1.58. The summed E-state index contributed by atoms with van der Waals surface area (Å²) < 4.78 is 13.1. The first-order valence-electron chi connectivity index (χ1n) is 6.82. The highest BCUT2D eigenvalue weighted by atomic mass is 19.1. The van der Waals surface area contributed by atoms with E-state index in [9.17, 15) is 4.39 Å². The summed E-state index contributed by atoms with van der Waals surface area (Å²) in [5.74, 6) is 1.08. The molecule has 0 radical (unpaired) electrons. The van der Waals surface area contributed by atoms with Crippen molar-refractivity contribution in [3.63, 3.8) is 0 Å². The van der Waals surface area contributed by atoms with E-state index in [0.717, 1.165) is 18.1 Å². The standard InChI is InChI=1S/C15H24FN3/c1-5-17-15(19-12(4)11(2)3)18-10-13-7-6-8-14(16)9-13/h6-9,11-12H,5,10H2,1-4H3,(H2,17,18,19). The summed E-state index contributed by atoms with van der Waals surface area (Å²) in [6, 6.07) is 6.88. The Labute approximate surface area is 115 Å². The van der Waals surface area contributed by atoms with Gasteiger partial charge in [-0.1, -0.05) is 26.0 Å². The minimum atomic E-state index is -0.221. The molecule has 0 saturated carbocycles. The Kier molecular flexibility index (Phi) is 6.33. The molecule has 0 fully saturated rings. The average Bonchev–Trinajstić information content (AvgIpc) is 2.36. The van der Waals surface area contributed by atoms with Gasteiger partial charge < -0.3 is 10.6 Å². The molecule has 0 aromatic heterocycles. The van der Waals surface area contributed by atoms with Gasteiger partial charge in [-0.25, -0.2) is 9.38 Å². The molecule has 1 aromatic carbocycles. The van der Waals surface area contributed by atoms with Crippen LogP contribution in [0.4, 0.5) is 4.39 Å². The van der Waals surface area contributed by atoms with Crippen molar-refractivity contribution in [2.75, 3.05) is 6.54 Å². The fraction of sp³-hybridized carbons (Fsp3) is 0.533. The fourth-order valence-corrected chi connectivity index (χ4v) is 1.51. The van der Waals surface area contributed by atoms with Crippen LogP contribution in [0.25, 0.3) is 0 Å². The highest BCUT2D eigenvalue weighted by Gasteiger charge is 2.08. The third-order valence-corrected chi connectivity index (χ3v) is 3.02. The molecule has 0 aliphatic rings. The lowest BCUT2D eigenvalue weighted by atomic mass is 10.1. The van der Waals surface area contributed by atoms with Crippen LogP contribution in [-0.4, -0.2) is 18.5 Å². The summed E-state index contributed by atoms with van der Waals surface area (Å²) in [7, 11) is 0. The Bertz CT molecular complexity index is 416. The molecule has 0 saturated heterocycles. The summed E-state index contributed by atoms with van der Waals surface area (Å²) in [6.45, 7) is 9.75. The highest BCUT2D eigenvalue weighted by molar-refractivity contribution is 5.80. The van der Waals surface area contributed by atoms with Crippen LogP contribution in [0.5, 0.6) is 0 Å². The van der Waals surface area contributed by atoms with Gasteiger partial charge in [0.25, 0.3) is 0 Å². The number of rotatable bonds is 5. The molecule has 0 aliphatic heterocycles. The Morgan fingerprint density at radius 1 is 1.32 bits per heavy atom. The van der Waals surface area contributed by atoms with E-state index in [-0.39, 0.29) is 5.82 Å². The maximum absolute atomic E-state index is 13.1. The van der Waals surface area contributed by atoms with Gasteiger partial charge in [0.1, 0.15) is 5.82 Å². The molecular weight excluding hydrogens is 241 g/mol. The van der Waals surface area contributed by atoms with E-state index >= 15 is 0 Å². The van der Waals surface area contributed by atoms with E-state index in [0.29, 0.717) is 18.5 Å². The van der Waals surface area contributed by atoms with Crippen LogP contribution in [0, 0.1) is 11.7 Å². The lowest BCUT2D eigenvalue weighted by Gasteiger charge is -2.20. The molecular formula is C15H24FN3. The molecule has 3 nitrogen and oxygen atoms in total. The van der Waals surface area contributed by atoms with Crippen LogP contribution in [0.2, 0.25) is 0 Å². The number of aliphatic imine (C=N–C) groups is 1. The van der Waals surface area contributed by atoms with Crippen LogP contribution in [-0.2, 0) is 6.54 Å². The van der Waals surface area contributed by atoms with Gasteiger partial charge in [0.15, 0.2) is 5.96 Å². The minimum Gasteiger partial charge on any atom is -0.357 e. The smallest absolute Gasteiger partial charge is 0.191 e. The Morgan fingerprint density at radius 2 is 2.05 bits per heavy atom. The molecule has 0 bridgehead atoms. The topological polar surface area (TPSA) is 36.4 Å². The van der Waals surface area contributed by atoms with E-state index in [1.54, 1.807) is 6.07 Å². The van der Waals surface area contributed by atoms with E-state index in [1.165, 1.54) is 12.1 Å². The van der Waals surface area contributed by atoms with Crippen molar-refractivity contribution >= 4 is 5.96 Å². The maximum atomic E-state index is 13.1. The molecule has 4 heteroatoms. The summed E-state index contributed by atoms with van der Waals surface area (Å²) in [5, 5.41) is 6.55. The summed E-state index contributed by atoms with van der Waals surface area (Å²) in [6.07, 6.45) is 0. The van der Waals surface area contributed by atoms with Gasteiger partial charge in [-0.3, -0.25) is 0 Å². The largest absolute Gasteiger partial charge is 0.357 e. The van der Waals surface area contributed by atoms with Gasteiger partial charge in [0, 0.05) is 12.6 Å². The second kappa shape index (κ2) is 7.77. The molecule has 0 amide bonds. The third kappa shape index (κ3) is 5.73. The molecule has 0 heterocycles. The maximum Gasteiger partial charge on any atom is 0.191 e. The zero-order chi connectivity index (χ0) is 14.3. The van der Waals surface area contributed by atoms with Crippen LogP contribution >= 0.6 is 0 Å². The molecule has 1 aromatic rings. The molecule has 19 heavy (non-hydrogen) atoms. The predicted molar refractivity (Wildman–Crippen MR) is 78.7 cm³/mol. The van der Waals surface area contributed by atoms with E-state index < -0.39 is 0 Å². The first kappa shape index (κ1) is 15.5. The number of nitrogens with one attached hydrogen (secondary N) is 2. The summed E-state index contributed by atoms with van der Waals surface area (Å²) in [4.78, 5) is 4.47. The highest BCUT2D eigenvalue weighted by Crippen LogP contribution is 2.05. The lowest BCUT2D eigenvalue weighted by molar-refractivity contribution is 0.481. The van der Waals surface area contributed by atoms with Crippen LogP contribution in [0.3, 0.4) is 0 Å². The third-order valence-electron chi connectivity index (χ3n) is 3.02.